The van der Waals surface area contributed by atoms with Crippen LogP contribution in [0.4, 0.5) is 4.79 Å². The second-order valence-corrected chi connectivity index (χ2v) is 3.94. The molecule has 1 N–H and O–H groups in total. The Hall–Kier alpha value is -2.03. The third kappa shape index (κ3) is 8.14. The van der Waals surface area contributed by atoms with E-state index in [0.29, 0.717) is 12.8 Å². The first-order valence-electron chi connectivity index (χ1n) is 6.47. The first-order chi connectivity index (χ1) is 9.54. The summed E-state index contributed by atoms with van der Waals surface area (Å²) < 4.78 is 9.27. The van der Waals surface area contributed by atoms with E-state index in [1.165, 1.54) is 7.11 Å². The lowest BCUT2D eigenvalue weighted by atomic mass is 10.1. The van der Waals surface area contributed by atoms with E-state index in [2.05, 4.69) is 21.9 Å². The number of carbonyl (C=O) groups is 3. The molecule has 6 heteroatoms. The van der Waals surface area contributed by atoms with Crippen molar-refractivity contribution in [3.63, 3.8) is 0 Å². The summed E-state index contributed by atoms with van der Waals surface area (Å²) in [5, 5.41) is 2.38. The number of nitrogens with one attached hydrogen (secondary N) is 1. The average Bonchev–Trinajstić information content (AvgIpc) is 2.43. The molecular weight excluding hydrogens is 262 g/mol. The van der Waals surface area contributed by atoms with Crippen LogP contribution < -0.4 is 5.32 Å². The number of ketones is 1. The highest BCUT2D eigenvalue weighted by molar-refractivity contribution is 5.83. The van der Waals surface area contributed by atoms with Gasteiger partial charge in [-0.15, -0.1) is 11.8 Å². The standard InChI is InChI=1S/C14H21NO5/c1-4-6-7-8-11(16)9-10-12(13(17)19-3)15-14(18)20-5-2/h12H,5,7-10H2,1-3H3,(H,15,18)/t12-/m0/s1. The maximum absolute atomic E-state index is 11.6. The minimum Gasteiger partial charge on any atom is -0.467 e. The summed E-state index contributed by atoms with van der Waals surface area (Å²) in [5.74, 6) is 4.90. The third-order valence-electron chi connectivity index (χ3n) is 2.47. The van der Waals surface area contributed by atoms with E-state index in [4.69, 9.17) is 4.74 Å². The zero-order valence-electron chi connectivity index (χ0n) is 12.2. The molecule has 0 aliphatic heterocycles. The molecule has 20 heavy (non-hydrogen) atoms. The van der Waals surface area contributed by atoms with Crippen LogP contribution >= 0.6 is 0 Å². The van der Waals surface area contributed by atoms with Gasteiger partial charge in [0.1, 0.15) is 11.8 Å². The predicted molar refractivity (Wildman–Crippen MR) is 72.9 cm³/mol. The van der Waals surface area contributed by atoms with Crippen LogP contribution in [0.15, 0.2) is 0 Å². The number of methoxy groups -OCH3 is 1. The summed E-state index contributed by atoms with van der Waals surface area (Å²) in [6.07, 6.45) is 0.506. The molecule has 112 valence electrons. The fraction of sp³-hybridized carbons (Fsp3) is 0.643. The van der Waals surface area contributed by atoms with Gasteiger partial charge >= 0.3 is 12.1 Å². The molecule has 0 aromatic carbocycles. The molecule has 0 heterocycles. The maximum Gasteiger partial charge on any atom is 0.407 e. The van der Waals surface area contributed by atoms with Crippen LogP contribution in [0.1, 0.15) is 39.5 Å². The first-order valence-corrected chi connectivity index (χ1v) is 6.47. The van der Waals surface area contributed by atoms with Crippen LogP contribution in [0.25, 0.3) is 0 Å². The number of rotatable bonds is 8. The van der Waals surface area contributed by atoms with Crippen molar-refractivity contribution in [3.05, 3.63) is 0 Å². The molecule has 0 fully saturated rings. The molecule has 0 radical (unpaired) electrons. The highest BCUT2D eigenvalue weighted by atomic mass is 16.6. The Morgan fingerprint density at radius 1 is 1.25 bits per heavy atom. The van der Waals surface area contributed by atoms with Crippen LogP contribution in [0.5, 0.6) is 0 Å². The Balaban J connectivity index is 4.28. The molecule has 0 aliphatic carbocycles. The average molecular weight is 283 g/mol. The Morgan fingerprint density at radius 3 is 2.50 bits per heavy atom. The van der Waals surface area contributed by atoms with E-state index in [-0.39, 0.29) is 25.2 Å². The van der Waals surface area contributed by atoms with Crippen LogP contribution in [0, 0.1) is 11.8 Å². The number of hydrogen-bond donors (Lipinski definition) is 1. The summed E-state index contributed by atoms with van der Waals surface area (Å²) in [6.45, 7) is 3.57. The molecule has 0 aliphatic rings. The van der Waals surface area contributed by atoms with Gasteiger partial charge in [-0.05, 0) is 20.3 Å². The minimum absolute atomic E-state index is 0.00712. The highest BCUT2D eigenvalue weighted by Gasteiger charge is 2.22. The van der Waals surface area contributed by atoms with Crippen molar-refractivity contribution in [2.24, 2.45) is 0 Å². The number of hydrogen-bond acceptors (Lipinski definition) is 5. The lowest BCUT2D eigenvalue weighted by molar-refractivity contribution is -0.143. The zero-order chi connectivity index (χ0) is 15.4. The van der Waals surface area contributed by atoms with E-state index >= 15 is 0 Å². The maximum atomic E-state index is 11.6. The van der Waals surface area contributed by atoms with Gasteiger partial charge in [-0.2, -0.15) is 0 Å². The lowest BCUT2D eigenvalue weighted by Crippen LogP contribution is -2.42. The first kappa shape index (κ1) is 18.0. The van der Waals surface area contributed by atoms with Gasteiger partial charge in [0.2, 0.25) is 0 Å². The SMILES string of the molecule is CC#CCCC(=O)CC[C@H](NC(=O)OCC)C(=O)OC. The summed E-state index contributed by atoms with van der Waals surface area (Å²) >= 11 is 0. The quantitative estimate of drug-likeness (QED) is 0.538. The molecule has 0 bridgehead atoms. The molecule has 0 rings (SSSR count). The van der Waals surface area contributed by atoms with Crippen molar-refractivity contribution < 1.29 is 23.9 Å². The fourth-order valence-corrected chi connectivity index (χ4v) is 1.46. The van der Waals surface area contributed by atoms with Crippen molar-refractivity contribution in [1.82, 2.24) is 5.32 Å². The summed E-state index contributed by atoms with van der Waals surface area (Å²) in [5.41, 5.74) is 0. The normalized spacial score (nSPS) is 10.8. The molecular formula is C14H21NO5. The van der Waals surface area contributed by atoms with Crippen molar-refractivity contribution in [2.45, 2.75) is 45.6 Å². The van der Waals surface area contributed by atoms with Gasteiger partial charge in [-0.1, -0.05) is 0 Å². The van der Waals surface area contributed by atoms with Crippen molar-refractivity contribution >= 4 is 17.8 Å². The Labute approximate surface area is 119 Å². The molecule has 0 aromatic rings. The van der Waals surface area contributed by atoms with Gasteiger partial charge in [-0.25, -0.2) is 9.59 Å². The van der Waals surface area contributed by atoms with Gasteiger partial charge in [-0.3, -0.25) is 4.79 Å². The van der Waals surface area contributed by atoms with Gasteiger partial charge < -0.3 is 14.8 Å². The second-order valence-electron chi connectivity index (χ2n) is 3.94. The van der Waals surface area contributed by atoms with Crippen molar-refractivity contribution in [1.29, 1.82) is 0 Å². The Kier molecular flexibility index (Phi) is 9.75. The van der Waals surface area contributed by atoms with E-state index in [9.17, 15) is 14.4 Å². The largest absolute Gasteiger partial charge is 0.467 e. The highest BCUT2D eigenvalue weighted by Crippen LogP contribution is 2.04. The van der Waals surface area contributed by atoms with E-state index in [1.807, 2.05) is 0 Å². The Morgan fingerprint density at radius 2 is 1.95 bits per heavy atom. The van der Waals surface area contributed by atoms with Gasteiger partial charge in [0.25, 0.3) is 0 Å². The Bertz CT molecular complexity index is 394. The number of alkyl carbamates (subject to hydrolysis) is 1. The fourth-order valence-electron chi connectivity index (χ4n) is 1.46. The molecule has 6 nitrogen and oxygen atoms in total. The van der Waals surface area contributed by atoms with E-state index < -0.39 is 18.1 Å². The summed E-state index contributed by atoms with van der Waals surface area (Å²) in [6, 6.07) is -0.875. The molecule has 0 saturated heterocycles. The van der Waals surface area contributed by atoms with E-state index in [0.717, 1.165) is 0 Å². The molecule has 0 aromatic heterocycles. The summed E-state index contributed by atoms with van der Waals surface area (Å²) in [4.78, 5) is 34.4. The molecule has 0 unspecified atom stereocenters. The third-order valence-corrected chi connectivity index (χ3v) is 2.47. The van der Waals surface area contributed by atoms with Crippen LogP contribution in [-0.4, -0.2) is 37.6 Å². The molecule has 1 amide bonds. The number of esters is 1. The summed E-state index contributed by atoms with van der Waals surface area (Å²) in [7, 11) is 1.22. The van der Waals surface area contributed by atoms with E-state index in [1.54, 1.807) is 13.8 Å². The van der Waals surface area contributed by atoms with Crippen molar-refractivity contribution in [2.75, 3.05) is 13.7 Å². The number of Topliss-reactive ketones (excluding diaryl/α,β-unsaturated/α-hetero) is 1. The second kappa shape index (κ2) is 10.9. The van der Waals surface area contributed by atoms with Crippen molar-refractivity contribution in [3.8, 4) is 11.8 Å². The minimum atomic E-state index is -0.875. The predicted octanol–water partition coefficient (Wildman–Crippen LogP) is 1.43. The number of amides is 1. The van der Waals surface area contributed by atoms with Crippen LogP contribution in [0.3, 0.4) is 0 Å². The zero-order valence-corrected chi connectivity index (χ0v) is 12.2. The molecule has 1 atom stereocenters. The van der Waals surface area contributed by atoms with Gasteiger partial charge in [0, 0.05) is 19.3 Å². The van der Waals surface area contributed by atoms with Crippen LogP contribution in [0.2, 0.25) is 0 Å². The van der Waals surface area contributed by atoms with Crippen LogP contribution in [-0.2, 0) is 19.1 Å². The van der Waals surface area contributed by atoms with Gasteiger partial charge in [0.05, 0.1) is 13.7 Å². The van der Waals surface area contributed by atoms with Gasteiger partial charge in [0.15, 0.2) is 0 Å². The monoisotopic (exact) mass is 283 g/mol. The molecule has 0 spiro atoms. The lowest BCUT2D eigenvalue weighted by Gasteiger charge is -2.15. The number of carbonyl (C=O) groups excluding carboxylic acids is 3. The smallest absolute Gasteiger partial charge is 0.407 e. The topological polar surface area (TPSA) is 81.7 Å². The molecule has 0 saturated carbocycles. The number of ether oxygens (including phenoxy) is 2.